The predicted molar refractivity (Wildman–Crippen MR) is 79.6 cm³/mol. The number of methoxy groups -OCH3 is 1. The van der Waals surface area contributed by atoms with Gasteiger partial charge < -0.3 is 19.5 Å². The van der Waals surface area contributed by atoms with E-state index in [2.05, 4.69) is 0 Å². The van der Waals surface area contributed by atoms with Crippen LogP contribution >= 0.6 is 0 Å². The van der Waals surface area contributed by atoms with E-state index in [0.29, 0.717) is 19.8 Å². The molecule has 1 aromatic carbocycles. The molecule has 2 unspecified atom stereocenters. The maximum Gasteiger partial charge on any atom is 0.308 e. The molecule has 1 fully saturated rings. The van der Waals surface area contributed by atoms with Gasteiger partial charge in [-0.05, 0) is 5.56 Å². The van der Waals surface area contributed by atoms with Crippen molar-refractivity contribution in [3.8, 4) is 0 Å². The molecule has 1 aliphatic heterocycles. The molecule has 1 saturated heterocycles. The molecule has 6 heteroatoms. The van der Waals surface area contributed by atoms with Crippen molar-refractivity contribution < 1.29 is 24.2 Å². The monoisotopic (exact) mass is 307 g/mol. The molecule has 0 radical (unpaired) electrons. The molecule has 120 valence electrons. The average Bonchev–Trinajstić information content (AvgIpc) is 2.98. The van der Waals surface area contributed by atoms with Crippen LogP contribution in [0.1, 0.15) is 11.5 Å². The van der Waals surface area contributed by atoms with Gasteiger partial charge in [0.25, 0.3) is 0 Å². The standard InChI is InChI=1S/C16H21NO5/c1-21-7-8-22-11-15(18)17-9-13(14(10-17)16(19)20)12-5-3-2-4-6-12/h2-6,13-14H,7-11H2,1H3,(H,19,20). The van der Waals surface area contributed by atoms with Crippen molar-refractivity contribution in [2.75, 3.05) is 40.0 Å². The summed E-state index contributed by atoms with van der Waals surface area (Å²) >= 11 is 0. The lowest BCUT2D eigenvalue weighted by Crippen LogP contribution is -2.33. The Balaban J connectivity index is 1.98. The molecule has 0 saturated carbocycles. The molecule has 0 spiro atoms. The van der Waals surface area contributed by atoms with E-state index in [4.69, 9.17) is 9.47 Å². The van der Waals surface area contributed by atoms with E-state index in [1.54, 1.807) is 12.0 Å². The first-order valence-electron chi connectivity index (χ1n) is 7.25. The second-order valence-electron chi connectivity index (χ2n) is 5.31. The highest BCUT2D eigenvalue weighted by Gasteiger charge is 2.40. The number of aliphatic carboxylic acids is 1. The van der Waals surface area contributed by atoms with Gasteiger partial charge in [0.05, 0.1) is 19.1 Å². The van der Waals surface area contributed by atoms with Crippen LogP contribution < -0.4 is 0 Å². The van der Waals surface area contributed by atoms with Crippen molar-refractivity contribution >= 4 is 11.9 Å². The Morgan fingerprint density at radius 3 is 2.59 bits per heavy atom. The molecule has 1 aliphatic rings. The normalized spacial score (nSPS) is 21.0. The molecular formula is C16H21NO5. The summed E-state index contributed by atoms with van der Waals surface area (Å²) in [4.78, 5) is 25.2. The zero-order valence-corrected chi connectivity index (χ0v) is 12.6. The van der Waals surface area contributed by atoms with Crippen molar-refractivity contribution in [3.05, 3.63) is 35.9 Å². The largest absolute Gasteiger partial charge is 0.481 e. The van der Waals surface area contributed by atoms with Gasteiger partial charge in [0, 0.05) is 26.1 Å². The fourth-order valence-electron chi connectivity index (χ4n) is 2.69. The number of carbonyl (C=O) groups is 2. The van der Waals surface area contributed by atoms with Crippen molar-refractivity contribution in [2.45, 2.75) is 5.92 Å². The summed E-state index contributed by atoms with van der Waals surface area (Å²) in [5.74, 6) is -1.81. The Morgan fingerprint density at radius 1 is 1.23 bits per heavy atom. The molecule has 2 atom stereocenters. The van der Waals surface area contributed by atoms with E-state index >= 15 is 0 Å². The fraction of sp³-hybridized carbons (Fsp3) is 0.500. The van der Waals surface area contributed by atoms with Crippen LogP contribution in [-0.2, 0) is 19.1 Å². The SMILES string of the molecule is COCCOCC(=O)N1CC(C(=O)O)C(c2ccccc2)C1. The topological polar surface area (TPSA) is 76.1 Å². The molecule has 2 rings (SSSR count). The van der Waals surface area contributed by atoms with Crippen LogP contribution in [-0.4, -0.2) is 61.9 Å². The molecule has 0 aromatic heterocycles. The Bertz CT molecular complexity index is 505. The van der Waals surface area contributed by atoms with Gasteiger partial charge in [0.15, 0.2) is 0 Å². The van der Waals surface area contributed by atoms with Gasteiger partial charge in [-0.1, -0.05) is 30.3 Å². The summed E-state index contributed by atoms with van der Waals surface area (Å²) in [6, 6.07) is 9.47. The van der Waals surface area contributed by atoms with E-state index in [0.717, 1.165) is 5.56 Å². The zero-order chi connectivity index (χ0) is 15.9. The van der Waals surface area contributed by atoms with Crippen LogP contribution in [0.5, 0.6) is 0 Å². The van der Waals surface area contributed by atoms with Gasteiger partial charge in [0.1, 0.15) is 6.61 Å². The number of hydrogen-bond donors (Lipinski definition) is 1. The summed E-state index contributed by atoms with van der Waals surface area (Å²) in [6.07, 6.45) is 0. The number of carboxylic acid groups (broad SMARTS) is 1. The van der Waals surface area contributed by atoms with Crippen molar-refractivity contribution in [2.24, 2.45) is 5.92 Å². The van der Waals surface area contributed by atoms with Gasteiger partial charge in [0.2, 0.25) is 5.91 Å². The number of amides is 1. The maximum atomic E-state index is 12.1. The Hall–Kier alpha value is -1.92. The smallest absolute Gasteiger partial charge is 0.308 e. The van der Waals surface area contributed by atoms with Crippen LogP contribution in [0.3, 0.4) is 0 Å². The first-order chi connectivity index (χ1) is 10.6. The summed E-state index contributed by atoms with van der Waals surface area (Å²) < 4.78 is 10.1. The zero-order valence-electron chi connectivity index (χ0n) is 12.6. The first kappa shape index (κ1) is 16.5. The van der Waals surface area contributed by atoms with E-state index in [1.165, 1.54) is 0 Å². The van der Waals surface area contributed by atoms with Crippen LogP contribution in [0.2, 0.25) is 0 Å². The van der Waals surface area contributed by atoms with Crippen LogP contribution in [0.15, 0.2) is 30.3 Å². The quantitative estimate of drug-likeness (QED) is 0.760. The number of carboxylic acids is 1. The first-order valence-corrected chi connectivity index (χ1v) is 7.25. The number of ether oxygens (including phenoxy) is 2. The highest BCUT2D eigenvalue weighted by Crippen LogP contribution is 2.32. The Morgan fingerprint density at radius 2 is 1.95 bits per heavy atom. The fourth-order valence-corrected chi connectivity index (χ4v) is 2.69. The molecule has 22 heavy (non-hydrogen) atoms. The van der Waals surface area contributed by atoms with Crippen molar-refractivity contribution in [1.82, 2.24) is 4.90 Å². The summed E-state index contributed by atoms with van der Waals surface area (Å²) in [5.41, 5.74) is 0.950. The van der Waals surface area contributed by atoms with Crippen molar-refractivity contribution in [3.63, 3.8) is 0 Å². The number of carbonyl (C=O) groups excluding carboxylic acids is 1. The lowest BCUT2D eigenvalue weighted by molar-refractivity contribution is -0.142. The van der Waals surface area contributed by atoms with Crippen LogP contribution in [0.4, 0.5) is 0 Å². The summed E-state index contributed by atoms with van der Waals surface area (Å²) in [5, 5.41) is 9.40. The minimum absolute atomic E-state index is 0.0444. The number of hydrogen-bond acceptors (Lipinski definition) is 4. The highest BCUT2D eigenvalue weighted by molar-refractivity contribution is 5.80. The van der Waals surface area contributed by atoms with Gasteiger partial charge in [-0.25, -0.2) is 0 Å². The van der Waals surface area contributed by atoms with Gasteiger partial charge in [-0.3, -0.25) is 9.59 Å². The Kier molecular flexibility index (Phi) is 5.91. The van der Waals surface area contributed by atoms with Gasteiger partial charge in [-0.15, -0.1) is 0 Å². The van der Waals surface area contributed by atoms with Gasteiger partial charge >= 0.3 is 5.97 Å². The lowest BCUT2D eigenvalue weighted by Gasteiger charge is -2.16. The Labute approximate surface area is 129 Å². The third-order valence-corrected chi connectivity index (χ3v) is 3.87. The maximum absolute atomic E-state index is 12.1. The molecule has 0 bridgehead atoms. The molecule has 1 amide bonds. The van der Waals surface area contributed by atoms with Gasteiger partial charge in [-0.2, -0.15) is 0 Å². The number of rotatable bonds is 7. The van der Waals surface area contributed by atoms with E-state index in [1.807, 2.05) is 30.3 Å². The lowest BCUT2D eigenvalue weighted by atomic mass is 9.89. The molecule has 1 heterocycles. The van der Waals surface area contributed by atoms with Crippen LogP contribution in [0.25, 0.3) is 0 Å². The van der Waals surface area contributed by atoms with E-state index < -0.39 is 11.9 Å². The van der Waals surface area contributed by atoms with E-state index in [9.17, 15) is 14.7 Å². The minimum Gasteiger partial charge on any atom is -0.481 e. The summed E-state index contributed by atoms with van der Waals surface area (Å²) in [7, 11) is 1.56. The number of benzene rings is 1. The van der Waals surface area contributed by atoms with Crippen molar-refractivity contribution in [1.29, 1.82) is 0 Å². The second-order valence-corrected chi connectivity index (χ2v) is 5.31. The summed E-state index contributed by atoms with van der Waals surface area (Å²) in [6.45, 7) is 1.37. The molecule has 1 N–H and O–H groups in total. The number of nitrogens with zero attached hydrogens (tertiary/aromatic N) is 1. The third kappa shape index (κ3) is 4.05. The molecule has 0 aliphatic carbocycles. The average molecular weight is 307 g/mol. The predicted octanol–water partition coefficient (Wildman–Crippen LogP) is 0.976. The molecular weight excluding hydrogens is 286 g/mol. The second kappa shape index (κ2) is 7.91. The minimum atomic E-state index is -0.871. The van der Waals surface area contributed by atoms with E-state index in [-0.39, 0.29) is 25.0 Å². The molecule has 1 aromatic rings. The number of likely N-dealkylation sites (tertiary alicyclic amines) is 1. The molecule has 6 nitrogen and oxygen atoms in total. The third-order valence-electron chi connectivity index (χ3n) is 3.87. The highest BCUT2D eigenvalue weighted by atomic mass is 16.5. The van der Waals surface area contributed by atoms with Crippen LogP contribution in [0, 0.1) is 5.92 Å².